The zero-order valence-electron chi connectivity index (χ0n) is 10.5. The molecule has 0 aromatic rings. The number of hydrogen-bond donors (Lipinski definition) is 2. The van der Waals surface area contributed by atoms with Gasteiger partial charge in [-0.1, -0.05) is 19.3 Å². The van der Waals surface area contributed by atoms with E-state index < -0.39 is 0 Å². The van der Waals surface area contributed by atoms with E-state index in [0.717, 1.165) is 25.2 Å². The lowest BCUT2D eigenvalue weighted by Gasteiger charge is -2.31. The Morgan fingerprint density at radius 1 is 1.06 bits per heavy atom. The summed E-state index contributed by atoms with van der Waals surface area (Å²) in [5.41, 5.74) is 6.09. The first-order valence-electron chi connectivity index (χ1n) is 7.30. The first-order valence-corrected chi connectivity index (χ1v) is 7.30. The fraction of sp³-hybridized carbons (Fsp3) is 0.929. The maximum absolute atomic E-state index is 12.3. The first kappa shape index (κ1) is 11.5. The maximum Gasteiger partial charge on any atom is 0.223 e. The second-order valence-electron chi connectivity index (χ2n) is 6.34. The van der Waals surface area contributed by atoms with Crippen LogP contribution in [0.1, 0.15) is 51.4 Å². The summed E-state index contributed by atoms with van der Waals surface area (Å²) < 4.78 is 0. The van der Waals surface area contributed by atoms with Crippen LogP contribution in [0.3, 0.4) is 0 Å². The monoisotopic (exact) mass is 236 g/mol. The Balaban J connectivity index is 1.56. The number of carbonyl (C=O) groups excluding carboxylic acids is 1. The number of rotatable bonds is 2. The Kier molecular flexibility index (Phi) is 3.12. The highest BCUT2D eigenvalue weighted by Crippen LogP contribution is 2.48. The molecular weight excluding hydrogens is 212 g/mol. The summed E-state index contributed by atoms with van der Waals surface area (Å²) in [6.07, 6.45) is 9.66. The van der Waals surface area contributed by atoms with Crippen molar-refractivity contribution < 1.29 is 4.79 Å². The predicted octanol–water partition coefficient (Wildman–Crippen LogP) is 1.81. The van der Waals surface area contributed by atoms with Gasteiger partial charge in [0.1, 0.15) is 0 Å². The molecule has 3 nitrogen and oxygen atoms in total. The first-order chi connectivity index (χ1) is 8.24. The lowest BCUT2D eigenvalue weighted by Crippen LogP contribution is -2.51. The van der Waals surface area contributed by atoms with E-state index in [1.165, 1.54) is 32.1 Å². The minimum atomic E-state index is 0.186. The lowest BCUT2D eigenvalue weighted by molar-refractivity contribution is -0.127. The van der Waals surface area contributed by atoms with E-state index in [-0.39, 0.29) is 12.1 Å². The van der Waals surface area contributed by atoms with Crippen LogP contribution in [0.4, 0.5) is 0 Å². The van der Waals surface area contributed by atoms with Gasteiger partial charge in [-0.25, -0.2) is 0 Å². The zero-order valence-corrected chi connectivity index (χ0v) is 10.5. The zero-order chi connectivity index (χ0) is 11.8. The predicted molar refractivity (Wildman–Crippen MR) is 67.3 cm³/mol. The van der Waals surface area contributed by atoms with Gasteiger partial charge in [0.15, 0.2) is 0 Å². The minimum absolute atomic E-state index is 0.186. The molecule has 3 rings (SSSR count). The number of nitrogens with one attached hydrogen (secondary N) is 1. The molecule has 3 aliphatic rings. The van der Waals surface area contributed by atoms with E-state index in [9.17, 15) is 4.79 Å². The van der Waals surface area contributed by atoms with Gasteiger partial charge in [0.05, 0.1) is 0 Å². The largest absolute Gasteiger partial charge is 0.352 e. The van der Waals surface area contributed by atoms with E-state index in [0.29, 0.717) is 17.7 Å². The van der Waals surface area contributed by atoms with Gasteiger partial charge in [0, 0.05) is 18.0 Å². The number of nitrogens with two attached hydrogens (primary N) is 1. The molecule has 5 atom stereocenters. The molecule has 0 heterocycles. The number of carbonyl (C=O) groups is 1. The summed E-state index contributed by atoms with van der Waals surface area (Å²) in [4.78, 5) is 12.3. The summed E-state index contributed by atoms with van der Waals surface area (Å²) in [5, 5.41) is 3.23. The molecule has 0 aromatic carbocycles. The minimum Gasteiger partial charge on any atom is -0.352 e. The standard InChI is InChI=1S/C14H24N2O/c15-12-3-1-2-4-13(12)16-14(17)11-8-9-5-6-10(11)7-9/h9-13H,1-8,15H2,(H,16,17)/t9-,10-,11-,12+,13+/m1/s1. The Labute approximate surface area is 104 Å². The molecule has 0 spiro atoms. The molecule has 17 heavy (non-hydrogen) atoms. The highest BCUT2D eigenvalue weighted by molar-refractivity contribution is 5.79. The molecule has 0 radical (unpaired) electrons. The molecule has 3 aliphatic carbocycles. The van der Waals surface area contributed by atoms with E-state index in [2.05, 4.69) is 5.32 Å². The SMILES string of the molecule is N[C@H]1CCCC[C@@H]1NC(=O)[C@@H]1C[C@@H]2CC[C@@H]1C2. The van der Waals surface area contributed by atoms with Crippen molar-refractivity contribution in [3.05, 3.63) is 0 Å². The van der Waals surface area contributed by atoms with Crippen LogP contribution in [-0.4, -0.2) is 18.0 Å². The molecule has 0 unspecified atom stereocenters. The Bertz CT molecular complexity index is 305. The normalized spacial score (nSPS) is 44.9. The highest BCUT2D eigenvalue weighted by Gasteiger charge is 2.43. The van der Waals surface area contributed by atoms with Gasteiger partial charge in [-0.05, 0) is 43.9 Å². The highest BCUT2D eigenvalue weighted by atomic mass is 16.2. The van der Waals surface area contributed by atoms with Gasteiger partial charge >= 0.3 is 0 Å². The van der Waals surface area contributed by atoms with Crippen LogP contribution in [0.5, 0.6) is 0 Å². The van der Waals surface area contributed by atoms with Crippen molar-refractivity contribution in [3.8, 4) is 0 Å². The number of amides is 1. The summed E-state index contributed by atoms with van der Waals surface area (Å²) in [7, 11) is 0. The topological polar surface area (TPSA) is 55.1 Å². The fourth-order valence-corrected chi connectivity index (χ4v) is 4.19. The summed E-state index contributed by atoms with van der Waals surface area (Å²) in [6, 6.07) is 0.432. The van der Waals surface area contributed by atoms with Gasteiger partial charge in [-0.15, -0.1) is 0 Å². The molecule has 0 aromatic heterocycles. The second-order valence-corrected chi connectivity index (χ2v) is 6.34. The van der Waals surface area contributed by atoms with Gasteiger partial charge in [-0.3, -0.25) is 4.79 Å². The average Bonchev–Trinajstić information content (AvgIpc) is 2.94. The molecule has 3 saturated carbocycles. The van der Waals surface area contributed by atoms with E-state index >= 15 is 0 Å². The summed E-state index contributed by atoms with van der Waals surface area (Å²) in [5.74, 6) is 2.14. The van der Waals surface area contributed by atoms with Crippen molar-refractivity contribution in [3.63, 3.8) is 0 Å². The third-order valence-electron chi connectivity index (χ3n) is 5.22. The van der Waals surface area contributed by atoms with Gasteiger partial charge in [0.25, 0.3) is 0 Å². The van der Waals surface area contributed by atoms with Crippen LogP contribution in [0, 0.1) is 17.8 Å². The molecule has 3 heteroatoms. The summed E-state index contributed by atoms with van der Waals surface area (Å²) >= 11 is 0. The van der Waals surface area contributed by atoms with Crippen LogP contribution in [0.2, 0.25) is 0 Å². The molecule has 1 amide bonds. The van der Waals surface area contributed by atoms with Crippen molar-refractivity contribution in [2.75, 3.05) is 0 Å². The molecule has 0 saturated heterocycles. The van der Waals surface area contributed by atoms with Crippen LogP contribution < -0.4 is 11.1 Å². The molecule has 3 N–H and O–H groups in total. The quantitative estimate of drug-likeness (QED) is 0.768. The Morgan fingerprint density at radius 2 is 1.88 bits per heavy atom. The fourth-order valence-electron chi connectivity index (χ4n) is 4.19. The van der Waals surface area contributed by atoms with Crippen LogP contribution in [0.25, 0.3) is 0 Å². The van der Waals surface area contributed by atoms with Crippen LogP contribution >= 0.6 is 0 Å². The van der Waals surface area contributed by atoms with Crippen molar-refractivity contribution in [2.45, 2.75) is 63.5 Å². The smallest absolute Gasteiger partial charge is 0.223 e. The van der Waals surface area contributed by atoms with Gasteiger partial charge in [-0.2, -0.15) is 0 Å². The third-order valence-corrected chi connectivity index (χ3v) is 5.22. The molecule has 0 aliphatic heterocycles. The van der Waals surface area contributed by atoms with Crippen molar-refractivity contribution in [1.82, 2.24) is 5.32 Å². The average molecular weight is 236 g/mol. The van der Waals surface area contributed by atoms with Crippen LogP contribution in [0.15, 0.2) is 0 Å². The Hall–Kier alpha value is -0.570. The third kappa shape index (κ3) is 2.22. The van der Waals surface area contributed by atoms with Crippen molar-refractivity contribution in [1.29, 1.82) is 0 Å². The van der Waals surface area contributed by atoms with E-state index in [1.807, 2.05) is 0 Å². The van der Waals surface area contributed by atoms with Crippen LogP contribution in [-0.2, 0) is 4.79 Å². The maximum atomic E-state index is 12.3. The van der Waals surface area contributed by atoms with E-state index in [4.69, 9.17) is 5.73 Å². The van der Waals surface area contributed by atoms with E-state index in [1.54, 1.807) is 0 Å². The number of fused-ring (bicyclic) bond motifs is 2. The second kappa shape index (κ2) is 4.60. The summed E-state index contributed by atoms with van der Waals surface area (Å²) in [6.45, 7) is 0. The van der Waals surface area contributed by atoms with Gasteiger partial charge in [0.2, 0.25) is 5.91 Å². The molecule has 3 fully saturated rings. The molecule has 96 valence electrons. The molecule has 2 bridgehead atoms. The lowest BCUT2D eigenvalue weighted by atomic mass is 9.86. The number of hydrogen-bond acceptors (Lipinski definition) is 2. The molecular formula is C14H24N2O. The Morgan fingerprint density at radius 3 is 2.53 bits per heavy atom. The van der Waals surface area contributed by atoms with Gasteiger partial charge < -0.3 is 11.1 Å². The van der Waals surface area contributed by atoms with Crippen molar-refractivity contribution in [2.24, 2.45) is 23.5 Å². The van der Waals surface area contributed by atoms with Crippen molar-refractivity contribution >= 4 is 5.91 Å².